The van der Waals surface area contributed by atoms with Gasteiger partial charge in [0.1, 0.15) is 12.1 Å². The second-order valence-corrected chi connectivity index (χ2v) is 10.6. The molecule has 1 unspecified atom stereocenters. The Balaban J connectivity index is 1.42. The van der Waals surface area contributed by atoms with Gasteiger partial charge in [-0.1, -0.05) is 30.7 Å². The highest BCUT2D eigenvalue weighted by Gasteiger charge is 2.40. The van der Waals surface area contributed by atoms with Crippen molar-refractivity contribution in [3.63, 3.8) is 0 Å². The van der Waals surface area contributed by atoms with Crippen molar-refractivity contribution in [2.24, 2.45) is 5.73 Å². The van der Waals surface area contributed by atoms with Crippen LogP contribution in [0, 0.1) is 0 Å². The van der Waals surface area contributed by atoms with E-state index >= 15 is 0 Å². The van der Waals surface area contributed by atoms with Crippen LogP contribution >= 0.6 is 11.6 Å². The van der Waals surface area contributed by atoms with Crippen LogP contribution in [0.3, 0.4) is 0 Å². The van der Waals surface area contributed by atoms with Gasteiger partial charge in [0.15, 0.2) is 9.84 Å². The summed E-state index contributed by atoms with van der Waals surface area (Å²) in [6.07, 6.45) is 2.38. The van der Waals surface area contributed by atoms with Crippen molar-refractivity contribution in [2.75, 3.05) is 31.1 Å². The SMILES string of the molecule is CCC1c2c(ncnc2N2CCN(C(=O)[C@H](N)Cc3ccc(Cl)cc3)CC2)CS1(=O)=O. The van der Waals surface area contributed by atoms with Gasteiger partial charge in [0.05, 0.1) is 22.7 Å². The van der Waals surface area contributed by atoms with Gasteiger partial charge in [-0.3, -0.25) is 4.79 Å². The number of amides is 1. The Morgan fingerprint density at radius 1 is 1.19 bits per heavy atom. The van der Waals surface area contributed by atoms with Crippen molar-refractivity contribution >= 4 is 33.2 Å². The first-order valence-electron chi connectivity index (χ1n) is 10.4. The van der Waals surface area contributed by atoms with E-state index in [9.17, 15) is 13.2 Å². The highest BCUT2D eigenvalue weighted by molar-refractivity contribution is 7.91. The Labute approximate surface area is 187 Å². The Kier molecular flexibility index (Phi) is 6.18. The molecule has 2 atom stereocenters. The lowest BCUT2D eigenvalue weighted by molar-refractivity contribution is -0.132. The summed E-state index contributed by atoms with van der Waals surface area (Å²) in [7, 11) is -3.24. The maximum Gasteiger partial charge on any atom is 0.239 e. The smallest absolute Gasteiger partial charge is 0.239 e. The number of benzene rings is 1. The number of hydrogen-bond donors (Lipinski definition) is 1. The number of fused-ring (bicyclic) bond motifs is 1. The van der Waals surface area contributed by atoms with E-state index in [1.807, 2.05) is 19.1 Å². The Morgan fingerprint density at radius 2 is 1.87 bits per heavy atom. The molecule has 1 saturated heterocycles. The van der Waals surface area contributed by atoms with Crippen LogP contribution in [-0.2, 0) is 26.8 Å². The standard InChI is InChI=1S/C21H26ClN5O3S/c1-2-18-19-17(12-31(18,29)30)24-13-25-20(19)26-7-9-27(10-8-26)21(28)16(23)11-14-3-5-15(22)6-4-14/h3-6,13,16,18H,2,7-12,23H2,1H3/t16-,18?/m1/s1. The molecule has 1 aromatic heterocycles. The first-order valence-corrected chi connectivity index (χ1v) is 12.5. The molecular weight excluding hydrogens is 438 g/mol. The van der Waals surface area contributed by atoms with E-state index in [2.05, 4.69) is 14.9 Å². The van der Waals surface area contributed by atoms with Gasteiger partial charge in [-0.05, 0) is 30.5 Å². The molecule has 2 aromatic rings. The number of nitrogens with two attached hydrogens (primary N) is 1. The van der Waals surface area contributed by atoms with Crippen molar-refractivity contribution in [2.45, 2.75) is 36.8 Å². The lowest BCUT2D eigenvalue weighted by Crippen LogP contribution is -2.54. The maximum absolute atomic E-state index is 12.8. The first kappa shape index (κ1) is 22.0. The summed E-state index contributed by atoms with van der Waals surface area (Å²) in [6, 6.07) is 6.71. The Hall–Kier alpha value is -2.23. The largest absolute Gasteiger partial charge is 0.353 e. The molecule has 0 radical (unpaired) electrons. The minimum absolute atomic E-state index is 0.0334. The monoisotopic (exact) mass is 463 g/mol. The molecule has 2 aliphatic rings. The van der Waals surface area contributed by atoms with Crippen molar-refractivity contribution < 1.29 is 13.2 Å². The summed E-state index contributed by atoms with van der Waals surface area (Å²) in [5.74, 6) is 0.556. The molecule has 1 fully saturated rings. The molecule has 0 spiro atoms. The Bertz CT molecular complexity index is 1070. The molecule has 3 heterocycles. The van der Waals surface area contributed by atoms with Crippen LogP contribution < -0.4 is 10.6 Å². The second kappa shape index (κ2) is 8.72. The molecule has 0 saturated carbocycles. The van der Waals surface area contributed by atoms with Gasteiger partial charge in [0.2, 0.25) is 5.91 Å². The molecule has 1 aromatic carbocycles. The number of piperazine rings is 1. The van der Waals surface area contributed by atoms with Gasteiger partial charge in [0.25, 0.3) is 0 Å². The van der Waals surface area contributed by atoms with Gasteiger partial charge in [-0.25, -0.2) is 18.4 Å². The van der Waals surface area contributed by atoms with Crippen LogP contribution in [-0.4, -0.2) is 61.4 Å². The zero-order valence-electron chi connectivity index (χ0n) is 17.4. The van der Waals surface area contributed by atoms with E-state index in [0.29, 0.717) is 55.6 Å². The molecule has 10 heteroatoms. The van der Waals surface area contributed by atoms with E-state index in [4.69, 9.17) is 17.3 Å². The highest BCUT2D eigenvalue weighted by atomic mass is 35.5. The number of rotatable bonds is 5. The van der Waals surface area contributed by atoms with Crippen LogP contribution in [0.25, 0.3) is 0 Å². The molecule has 8 nitrogen and oxygen atoms in total. The van der Waals surface area contributed by atoms with Gasteiger partial charge in [-0.15, -0.1) is 0 Å². The van der Waals surface area contributed by atoms with Crippen LogP contribution in [0.15, 0.2) is 30.6 Å². The molecular formula is C21H26ClN5O3S. The normalized spacial score (nSPS) is 21.1. The predicted octanol–water partition coefficient (Wildman–Crippen LogP) is 1.73. The quantitative estimate of drug-likeness (QED) is 0.718. The third-order valence-electron chi connectivity index (χ3n) is 5.99. The summed E-state index contributed by atoms with van der Waals surface area (Å²) >= 11 is 5.91. The average molecular weight is 464 g/mol. The molecule has 2 N–H and O–H groups in total. The van der Waals surface area contributed by atoms with E-state index in [1.165, 1.54) is 6.33 Å². The second-order valence-electron chi connectivity index (χ2n) is 8.01. The summed E-state index contributed by atoms with van der Waals surface area (Å²) in [6.45, 7) is 4.02. The maximum atomic E-state index is 12.8. The topological polar surface area (TPSA) is 109 Å². The molecule has 4 rings (SSSR count). The van der Waals surface area contributed by atoms with E-state index in [-0.39, 0.29) is 11.7 Å². The molecule has 0 bridgehead atoms. The van der Waals surface area contributed by atoms with Crippen LogP contribution in [0.2, 0.25) is 5.02 Å². The molecule has 166 valence electrons. The van der Waals surface area contributed by atoms with Crippen LogP contribution in [0.4, 0.5) is 5.82 Å². The summed E-state index contributed by atoms with van der Waals surface area (Å²) < 4.78 is 25.0. The fourth-order valence-electron chi connectivity index (χ4n) is 4.38. The number of carbonyl (C=O) groups is 1. The number of halogens is 1. The third-order valence-corrected chi connectivity index (χ3v) is 8.35. The number of carbonyl (C=O) groups excluding carboxylic acids is 1. The fourth-order valence-corrected chi connectivity index (χ4v) is 6.43. The summed E-state index contributed by atoms with van der Waals surface area (Å²) in [5, 5.41) is 0.0836. The van der Waals surface area contributed by atoms with Crippen LogP contribution in [0.5, 0.6) is 0 Å². The first-order chi connectivity index (χ1) is 14.8. The molecule has 31 heavy (non-hydrogen) atoms. The van der Waals surface area contributed by atoms with Crippen molar-refractivity contribution in [1.82, 2.24) is 14.9 Å². The van der Waals surface area contributed by atoms with Crippen molar-refractivity contribution in [3.8, 4) is 0 Å². The summed E-state index contributed by atoms with van der Waals surface area (Å²) in [5.41, 5.74) is 8.47. The number of aromatic nitrogens is 2. The van der Waals surface area contributed by atoms with Gasteiger partial charge < -0.3 is 15.5 Å². The fraction of sp³-hybridized carbons (Fsp3) is 0.476. The minimum Gasteiger partial charge on any atom is -0.353 e. The number of sulfone groups is 1. The number of anilines is 1. The molecule has 2 aliphatic heterocycles. The summed E-state index contributed by atoms with van der Waals surface area (Å²) in [4.78, 5) is 25.3. The zero-order valence-corrected chi connectivity index (χ0v) is 18.9. The average Bonchev–Trinajstić information content (AvgIpc) is 3.03. The number of hydrogen-bond acceptors (Lipinski definition) is 7. The number of nitrogens with zero attached hydrogens (tertiary/aromatic N) is 4. The molecule has 0 aliphatic carbocycles. The van der Waals surface area contributed by atoms with Gasteiger partial charge in [-0.2, -0.15) is 0 Å². The van der Waals surface area contributed by atoms with Gasteiger partial charge in [0, 0.05) is 36.8 Å². The molecule has 1 amide bonds. The van der Waals surface area contributed by atoms with E-state index in [0.717, 1.165) is 11.1 Å². The lowest BCUT2D eigenvalue weighted by atomic mass is 10.0. The third kappa shape index (κ3) is 4.40. The van der Waals surface area contributed by atoms with Crippen LogP contribution in [0.1, 0.15) is 35.4 Å². The van der Waals surface area contributed by atoms with Crippen molar-refractivity contribution in [3.05, 3.63) is 52.4 Å². The van der Waals surface area contributed by atoms with Crippen molar-refractivity contribution in [1.29, 1.82) is 0 Å². The minimum atomic E-state index is -3.24. The highest BCUT2D eigenvalue weighted by Crippen LogP contribution is 2.42. The predicted molar refractivity (Wildman–Crippen MR) is 120 cm³/mol. The van der Waals surface area contributed by atoms with E-state index < -0.39 is 21.1 Å². The van der Waals surface area contributed by atoms with Gasteiger partial charge >= 0.3 is 0 Å². The zero-order chi connectivity index (χ0) is 22.2. The van der Waals surface area contributed by atoms with E-state index in [1.54, 1.807) is 17.0 Å². The lowest BCUT2D eigenvalue weighted by Gasteiger charge is -2.37. The Morgan fingerprint density at radius 3 is 2.52 bits per heavy atom.